The van der Waals surface area contributed by atoms with Crippen molar-refractivity contribution in [2.24, 2.45) is 0 Å². The van der Waals surface area contributed by atoms with E-state index in [4.69, 9.17) is 0 Å². The molecular formula is C17H28N2O. The van der Waals surface area contributed by atoms with Gasteiger partial charge in [-0.1, -0.05) is 45.0 Å². The fourth-order valence-corrected chi connectivity index (χ4v) is 2.04. The smallest absolute Gasteiger partial charge is 0.221 e. The van der Waals surface area contributed by atoms with E-state index < -0.39 is 0 Å². The number of benzene rings is 1. The zero-order valence-electron chi connectivity index (χ0n) is 13.2. The number of amides is 1. The van der Waals surface area contributed by atoms with Crippen molar-refractivity contribution in [1.29, 1.82) is 0 Å². The van der Waals surface area contributed by atoms with Crippen LogP contribution in [0.15, 0.2) is 24.3 Å². The molecule has 3 heteroatoms. The third-order valence-electron chi connectivity index (χ3n) is 3.48. The van der Waals surface area contributed by atoms with Crippen molar-refractivity contribution in [2.75, 3.05) is 13.1 Å². The lowest BCUT2D eigenvalue weighted by molar-refractivity contribution is -0.121. The lowest BCUT2D eigenvalue weighted by atomic mass is 9.99. The highest BCUT2D eigenvalue weighted by Gasteiger charge is 2.07. The van der Waals surface area contributed by atoms with Gasteiger partial charge in [-0.2, -0.15) is 0 Å². The average molecular weight is 276 g/mol. The van der Waals surface area contributed by atoms with Crippen molar-refractivity contribution in [3.63, 3.8) is 0 Å². The van der Waals surface area contributed by atoms with E-state index in [1.54, 1.807) is 0 Å². The summed E-state index contributed by atoms with van der Waals surface area (Å²) in [5, 5.41) is 6.28. The van der Waals surface area contributed by atoms with Crippen LogP contribution >= 0.6 is 0 Å². The standard InChI is InChI=1S/C17H28N2O/c1-5-11-19-17(20)10-12-18-14(4)16-8-6-15(7-9-16)13(2)3/h6-9,13-14,18H,5,10-12H2,1-4H3,(H,19,20). The summed E-state index contributed by atoms with van der Waals surface area (Å²) in [6.07, 6.45) is 1.52. The van der Waals surface area contributed by atoms with Gasteiger partial charge in [0, 0.05) is 25.6 Å². The van der Waals surface area contributed by atoms with Gasteiger partial charge in [-0.25, -0.2) is 0 Å². The summed E-state index contributed by atoms with van der Waals surface area (Å²) in [6, 6.07) is 8.99. The van der Waals surface area contributed by atoms with Crippen LogP contribution in [-0.4, -0.2) is 19.0 Å². The van der Waals surface area contributed by atoms with Crippen molar-refractivity contribution >= 4 is 5.91 Å². The monoisotopic (exact) mass is 276 g/mol. The molecule has 0 aliphatic carbocycles. The van der Waals surface area contributed by atoms with Gasteiger partial charge in [0.15, 0.2) is 0 Å². The van der Waals surface area contributed by atoms with Crippen molar-refractivity contribution in [3.8, 4) is 0 Å². The minimum atomic E-state index is 0.127. The largest absolute Gasteiger partial charge is 0.356 e. The molecule has 0 heterocycles. The number of rotatable bonds is 8. The predicted molar refractivity (Wildman–Crippen MR) is 84.9 cm³/mol. The molecule has 1 amide bonds. The third-order valence-corrected chi connectivity index (χ3v) is 3.48. The van der Waals surface area contributed by atoms with Gasteiger partial charge in [-0.05, 0) is 30.4 Å². The molecule has 1 aromatic carbocycles. The Morgan fingerprint density at radius 3 is 2.20 bits per heavy atom. The van der Waals surface area contributed by atoms with Gasteiger partial charge in [0.25, 0.3) is 0 Å². The minimum absolute atomic E-state index is 0.127. The van der Waals surface area contributed by atoms with Crippen LogP contribution in [0.25, 0.3) is 0 Å². The van der Waals surface area contributed by atoms with Crippen LogP contribution in [0.2, 0.25) is 0 Å². The summed E-state index contributed by atoms with van der Waals surface area (Å²) in [4.78, 5) is 11.5. The second-order valence-electron chi connectivity index (χ2n) is 5.60. The van der Waals surface area contributed by atoms with Crippen LogP contribution in [0.5, 0.6) is 0 Å². The van der Waals surface area contributed by atoms with Gasteiger partial charge < -0.3 is 10.6 Å². The summed E-state index contributed by atoms with van der Waals surface area (Å²) >= 11 is 0. The lowest BCUT2D eigenvalue weighted by Crippen LogP contribution is -2.29. The number of nitrogens with one attached hydrogen (secondary N) is 2. The number of hydrogen-bond donors (Lipinski definition) is 2. The summed E-state index contributed by atoms with van der Waals surface area (Å²) in [6.45, 7) is 10.1. The van der Waals surface area contributed by atoms with Crippen molar-refractivity contribution in [1.82, 2.24) is 10.6 Å². The Bertz CT molecular complexity index is 398. The first-order valence-corrected chi connectivity index (χ1v) is 7.64. The Labute approximate surface area is 123 Å². The molecule has 0 bridgehead atoms. The molecule has 1 aromatic rings. The second-order valence-corrected chi connectivity index (χ2v) is 5.60. The maximum Gasteiger partial charge on any atom is 0.221 e. The molecule has 1 atom stereocenters. The molecule has 0 spiro atoms. The van der Waals surface area contributed by atoms with Gasteiger partial charge in [0.2, 0.25) is 5.91 Å². The lowest BCUT2D eigenvalue weighted by Gasteiger charge is -2.15. The highest BCUT2D eigenvalue weighted by molar-refractivity contribution is 5.75. The van der Waals surface area contributed by atoms with Crippen LogP contribution < -0.4 is 10.6 Å². The molecule has 0 aromatic heterocycles. The molecule has 0 saturated heterocycles. The molecule has 2 N–H and O–H groups in total. The first-order chi connectivity index (χ1) is 9.54. The molecule has 0 saturated carbocycles. The van der Waals surface area contributed by atoms with Gasteiger partial charge in [-0.3, -0.25) is 4.79 Å². The quantitative estimate of drug-likeness (QED) is 0.764. The Kier molecular flexibility index (Phi) is 7.31. The highest BCUT2D eigenvalue weighted by Crippen LogP contribution is 2.18. The van der Waals surface area contributed by atoms with Crippen molar-refractivity contribution < 1.29 is 4.79 Å². The van der Waals surface area contributed by atoms with E-state index in [2.05, 4.69) is 62.6 Å². The Morgan fingerprint density at radius 1 is 1.05 bits per heavy atom. The van der Waals surface area contributed by atoms with Crippen LogP contribution in [0.1, 0.15) is 63.6 Å². The SMILES string of the molecule is CCCNC(=O)CCNC(C)c1ccc(C(C)C)cc1. The first-order valence-electron chi connectivity index (χ1n) is 7.64. The van der Waals surface area contributed by atoms with E-state index in [1.807, 2.05) is 0 Å². The van der Waals surface area contributed by atoms with Crippen LogP contribution in [0, 0.1) is 0 Å². The average Bonchev–Trinajstić information content (AvgIpc) is 2.45. The van der Waals surface area contributed by atoms with E-state index in [-0.39, 0.29) is 11.9 Å². The zero-order valence-corrected chi connectivity index (χ0v) is 13.2. The third kappa shape index (κ3) is 5.74. The Morgan fingerprint density at radius 2 is 1.65 bits per heavy atom. The Hall–Kier alpha value is -1.35. The van der Waals surface area contributed by atoms with Crippen LogP contribution in [0.3, 0.4) is 0 Å². The molecule has 0 aliphatic rings. The van der Waals surface area contributed by atoms with E-state index in [1.165, 1.54) is 11.1 Å². The molecule has 112 valence electrons. The first kappa shape index (κ1) is 16.7. The number of hydrogen-bond acceptors (Lipinski definition) is 2. The molecule has 0 radical (unpaired) electrons. The maximum atomic E-state index is 11.5. The molecule has 1 unspecified atom stereocenters. The topological polar surface area (TPSA) is 41.1 Å². The summed E-state index contributed by atoms with van der Waals surface area (Å²) in [7, 11) is 0. The van der Waals surface area contributed by atoms with E-state index in [9.17, 15) is 4.79 Å². The van der Waals surface area contributed by atoms with E-state index >= 15 is 0 Å². The van der Waals surface area contributed by atoms with Gasteiger partial charge >= 0.3 is 0 Å². The molecular weight excluding hydrogens is 248 g/mol. The van der Waals surface area contributed by atoms with Crippen molar-refractivity contribution in [3.05, 3.63) is 35.4 Å². The zero-order chi connectivity index (χ0) is 15.0. The highest BCUT2D eigenvalue weighted by atomic mass is 16.1. The molecule has 0 fully saturated rings. The summed E-state index contributed by atoms with van der Waals surface area (Å²) < 4.78 is 0. The normalized spacial score (nSPS) is 12.4. The van der Waals surface area contributed by atoms with Gasteiger partial charge in [0.05, 0.1) is 0 Å². The van der Waals surface area contributed by atoms with E-state index in [0.29, 0.717) is 18.9 Å². The second kappa shape index (κ2) is 8.75. The van der Waals surface area contributed by atoms with Gasteiger partial charge in [-0.15, -0.1) is 0 Å². The summed E-state index contributed by atoms with van der Waals surface area (Å²) in [5.41, 5.74) is 2.63. The number of carbonyl (C=O) groups excluding carboxylic acids is 1. The number of carbonyl (C=O) groups is 1. The van der Waals surface area contributed by atoms with Crippen molar-refractivity contribution in [2.45, 2.75) is 52.5 Å². The fourth-order valence-electron chi connectivity index (χ4n) is 2.04. The van der Waals surface area contributed by atoms with E-state index in [0.717, 1.165) is 13.0 Å². The van der Waals surface area contributed by atoms with Crippen LogP contribution in [-0.2, 0) is 4.79 Å². The summed E-state index contributed by atoms with van der Waals surface area (Å²) in [5.74, 6) is 0.691. The van der Waals surface area contributed by atoms with Crippen LogP contribution in [0.4, 0.5) is 0 Å². The minimum Gasteiger partial charge on any atom is -0.356 e. The molecule has 1 rings (SSSR count). The Balaban J connectivity index is 2.35. The molecule has 0 aliphatic heterocycles. The van der Waals surface area contributed by atoms with Gasteiger partial charge in [0.1, 0.15) is 0 Å². The predicted octanol–water partition coefficient (Wildman–Crippen LogP) is 3.38. The molecule has 20 heavy (non-hydrogen) atoms. The molecule has 3 nitrogen and oxygen atoms in total. The fraction of sp³-hybridized carbons (Fsp3) is 0.588. The maximum absolute atomic E-state index is 11.5.